The largest absolute Gasteiger partial charge is 0.378 e. The molecule has 2 heterocycles. The molecule has 1 aliphatic heterocycles. The molecular weight excluding hydrogens is 328 g/mol. The summed E-state index contributed by atoms with van der Waals surface area (Å²) in [6.07, 6.45) is 0. The first-order valence-corrected chi connectivity index (χ1v) is 8.72. The van der Waals surface area contributed by atoms with Gasteiger partial charge in [-0.25, -0.2) is 0 Å². The van der Waals surface area contributed by atoms with E-state index in [4.69, 9.17) is 9.26 Å². The zero-order valence-electron chi connectivity index (χ0n) is 14.6. The number of carbonyl (C=O) groups is 1. The van der Waals surface area contributed by atoms with Crippen LogP contribution in [0.2, 0.25) is 0 Å². The Morgan fingerprint density at radius 3 is 2.54 bits per heavy atom. The minimum absolute atomic E-state index is 0.0302. The highest BCUT2D eigenvalue weighted by Gasteiger charge is 2.20. The SMILES string of the molecule is CC(=O)c1ccc(N2CCOCC2)c(-c2cc(-c3ccccc3)no2)c1. The number of benzene rings is 2. The standard InChI is InChI=1S/C21H20N2O3/c1-15(24)17-7-8-20(23-9-11-25-12-10-23)18(13-17)21-14-19(22-26-21)16-5-3-2-4-6-16/h2-8,13-14H,9-12H2,1H3. The van der Waals surface area contributed by atoms with Gasteiger partial charge in [-0.15, -0.1) is 0 Å². The summed E-state index contributed by atoms with van der Waals surface area (Å²) >= 11 is 0. The van der Waals surface area contributed by atoms with Gasteiger partial charge in [0.05, 0.1) is 13.2 Å². The first-order valence-electron chi connectivity index (χ1n) is 8.72. The highest BCUT2D eigenvalue weighted by molar-refractivity contribution is 5.96. The Morgan fingerprint density at radius 1 is 1.04 bits per heavy atom. The van der Waals surface area contributed by atoms with E-state index in [0.717, 1.165) is 35.6 Å². The van der Waals surface area contributed by atoms with E-state index in [-0.39, 0.29) is 5.78 Å². The molecule has 1 aliphatic rings. The van der Waals surface area contributed by atoms with Crippen LogP contribution >= 0.6 is 0 Å². The molecule has 0 N–H and O–H groups in total. The molecule has 0 spiro atoms. The van der Waals surface area contributed by atoms with Gasteiger partial charge in [-0.1, -0.05) is 35.5 Å². The minimum atomic E-state index is 0.0302. The molecule has 4 rings (SSSR count). The molecule has 0 bridgehead atoms. The van der Waals surface area contributed by atoms with Gasteiger partial charge < -0.3 is 14.2 Å². The maximum atomic E-state index is 11.9. The van der Waals surface area contributed by atoms with Gasteiger partial charge in [0.25, 0.3) is 0 Å². The van der Waals surface area contributed by atoms with Gasteiger partial charge in [0, 0.05) is 41.5 Å². The van der Waals surface area contributed by atoms with Gasteiger partial charge >= 0.3 is 0 Å². The van der Waals surface area contributed by atoms with Crippen molar-refractivity contribution in [2.45, 2.75) is 6.92 Å². The third-order valence-electron chi connectivity index (χ3n) is 4.60. The molecule has 1 aromatic heterocycles. The van der Waals surface area contributed by atoms with Crippen LogP contribution in [0, 0.1) is 0 Å². The molecular formula is C21H20N2O3. The molecule has 1 saturated heterocycles. The summed E-state index contributed by atoms with van der Waals surface area (Å²) in [5, 5.41) is 4.22. The number of nitrogens with zero attached hydrogens (tertiary/aromatic N) is 2. The number of carbonyl (C=O) groups excluding carboxylic acids is 1. The minimum Gasteiger partial charge on any atom is -0.378 e. The van der Waals surface area contributed by atoms with Crippen molar-refractivity contribution < 1.29 is 14.1 Å². The molecule has 2 aromatic carbocycles. The number of morpholine rings is 1. The first-order chi connectivity index (χ1) is 12.7. The fraction of sp³-hybridized carbons (Fsp3) is 0.238. The van der Waals surface area contributed by atoms with Crippen LogP contribution in [0.1, 0.15) is 17.3 Å². The van der Waals surface area contributed by atoms with Crippen LogP contribution < -0.4 is 4.90 Å². The molecule has 0 unspecified atom stereocenters. The fourth-order valence-corrected chi connectivity index (χ4v) is 3.18. The van der Waals surface area contributed by atoms with Gasteiger partial charge in [0.2, 0.25) is 0 Å². The Labute approximate surface area is 152 Å². The van der Waals surface area contributed by atoms with Gasteiger partial charge in [0.1, 0.15) is 5.69 Å². The van der Waals surface area contributed by atoms with Crippen molar-refractivity contribution >= 4 is 11.5 Å². The van der Waals surface area contributed by atoms with Crippen molar-refractivity contribution in [1.82, 2.24) is 5.16 Å². The summed E-state index contributed by atoms with van der Waals surface area (Å²) in [4.78, 5) is 14.1. The first kappa shape index (κ1) is 16.5. The number of rotatable bonds is 4. The Morgan fingerprint density at radius 2 is 1.81 bits per heavy atom. The second-order valence-corrected chi connectivity index (χ2v) is 6.33. The Kier molecular flexibility index (Phi) is 4.54. The summed E-state index contributed by atoms with van der Waals surface area (Å²) < 4.78 is 11.1. The van der Waals surface area contributed by atoms with Crippen LogP contribution in [0.4, 0.5) is 5.69 Å². The second-order valence-electron chi connectivity index (χ2n) is 6.33. The fourth-order valence-electron chi connectivity index (χ4n) is 3.18. The smallest absolute Gasteiger partial charge is 0.169 e. The van der Waals surface area contributed by atoms with E-state index < -0.39 is 0 Å². The number of ketones is 1. The number of anilines is 1. The van der Waals surface area contributed by atoms with Crippen LogP contribution in [0.15, 0.2) is 59.1 Å². The number of aromatic nitrogens is 1. The van der Waals surface area contributed by atoms with Gasteiger partial charge in [-0.3, -0.25) is 4.79 Å². The van der Waals surface area contributed by atoms with E-state index in [9.17, 15) is 4.79 Å². The van der Waals surface area contributed by atoms with Crippen molar-refractivity contribution in [3.8, 4) is 22.6 Å². The molecule has 1 fully saturated rings. The van der Waals surface area contributed by atoms with Crippen molar-refractivity contribution in [3.63, 3.8) is 0 Å². The molecule has 0 aliphatic carbocycles. The number of Topliss-reactive ketones (excluding diaryl/α,β-unsaturated/α-hetero) is 1. The molecule has 0 amide bonds. The van der Waals surface area contributed by atoms with Crippen LogP contribution in [-0.4, -0.2) is 37.2 Å². The number of hydrogen-bond acceptors (Lipinski definition) is 5. The molecule has 0 saturated carbocycles. The molecule has 0 atom stereocenters. The van der Waals surface area contributed by atoms with Crippen molar-refractivity contribution in [2.24, 2.45) is 0 Å². The van der Waals surface area contributed by atoms with E-state index in [1.807, 2.05) is 54.6 Å². The van der Waals surface area contributed by atoms with E-state index in [1.54, 1.807) is 6.92 Å². The predicted octanol–water partition coefficient (Wildman–Crippen LogP) is 4.05. The highest BCUT2D eigenvalue weighted by Crippen LogP contribution is 2.34. The van der Waals surface area contributed by atoms with Crippen molar-refractivity contribution in [1.29, 1.82) is 0 Å². The third kappa shape index (κ3) is 3.26. The van der Waals surface area contributed by atoms with Gasteiger partial charge in [0.15, 0.2) is 11.5 Å². The van der Waals surface area contributed by atoms with Crippen LogP contribution in [0.25, 0.3) is 22.6 Å². The Hall–Kier alpha value is -2.92. The molecule has 0 radical (unpaired) electrons. The average Bonchev–Trinajstić information content (AvgIpc) is 3.19. The summed E-state index contributed by atoms with van der Waals surface area (Å²) in [7, 11) is 0. The summed E-state index contributed by atoms with van der Waals surface area (Å²) in [6, 6.07) is 17.6. The molecule has 3 aromatic rings. The molecule has 5 heteroatoms. The van der Waals surface area contributed by atoms with Crippen LogP contribution in [-0.2, 0) is 4.74 Å². The summed E-state index contributed by atoms with van der Waals surface area (Å²) in [6.45, 7) is 4.58. The van der Waals surface area contributed by atoms with Crippen LogP contribution in [0.3, 0.4) is 0 Å². The number of ether oxygens (including phenoxy) is 1. The summed E-state index contributed by atoms with van der Waals surface area (Å²) in [5.74, 6) is 0.691. The molecule has 26 heavy (non-hydrogen) atoms. The maximum absolute atomic E-state index is 11.9. The highest BCUT2D eigenvalue weighted by atomic mass is 16.5. The quantitative estimate of drug-likeness (QED) is 0.666. The van der Waals surface area contributed by atoms with Gasteiger partial charge in [-0.05, 0) is 25.1 Å². The summed E-state index contributed by atoms with van der Waals surface area (Å²) in [5.41, 5.74) is 4.36. The molecule has 132 valence electrons. The topological polar surface area (TPSA) is 55.6 Å². The molecule has 5 nitrogen and oxygen atoms in total. The van der Waals surface area contributed by atoms with Gasteiger partial charge in [-0.2, -0.15) is 0 Å². The Balaban J connectivity index is 1.77. The predicted molar refractivity (Wildman–Crippen MR) is 100 cm³/mol. The lowest BCUT2D eigenvalue weighted by molar-refractivity contribution is 0.101. The van der Waals surface area contributed by atoms with Crippen molar-refractivity contribution in [2.75, 3.05) is 31.2 Å². The van der Waals surface area contributed by atoms with E-state index in [2.05, 4.69) is 10.1 Å². The lowest BCUT2D eigenvalue weighted by Gasteiger charge is -2.30. The average molecular weight is 348 g/mol. The van der Waals surface area contributed by atoms with E-state index >= 15 is 0 Å². The normalized spacial score (nSPS) is 14.4. The zero-order chi connectivity index (χ0) is 17.9. The van der Waals surface area contributed by atoms with E-state index in [0.29, 0.717) is 24.5 Å². The Bertz CT molecular complexity index is 912. The zero-order valence-corrected chi connectivity index (χ0v) is 14.6. The van der Waals surface area contributed by atoms with Crippen molar-refractivity contribution in [3.05, 3.63) is 60.2 Å². The lowest BCUT2D eigenvalue weighted by Crippen LogP contribution is -2.36. The maximum Gasteiger partial charge on any atom is 0.169 e. The lowest BCUT2D eigenvalue weighted by atomic mass is 10.0. The van der Waals surface area contributed by atoms with E-state index in [1.165, 1.54) is 0 Å². The van der Waals surface area contributed by atoms with Crippen LogP contribution in [0.5, 0.6) is 0 Å². The monoisotopic (exact) mass is 348 g/mol. The number of hydrogen-bond donors (Lipinski definition) is 0. The second kappa shape index (κ2) is 7.14. The third-order valence-corrected chi connectivity index (χ3v) is 4.60.